The maximum absolute atomic E-state index is 13.5. The Morgan fingerprint density at radius 2 is 2.00 bits per heavy atom. The molecule has 2 fully saturated rings. The Balaban J connectivity index is 1.60. The Labute approximate surface area is 158 Å². The number of para-hydroxylation sites is 1. The van der Waals surface area contributed by atoms with Crippen LogP contribution in [0.4, 0.5) is 5.69 Å². The predicted octanol–water partition coefficient (Wildman–Crippen LogP) is 1.85. The quantitative estimate of drug-likeness (QED) is 0.811. The molecule has 3 heterocycles. The van der Waals surface area contributed by atoms with Crippen LogP contribution in [0.3, 0.4) is 0 Å². The number of aryl methyl sites for hydroxylation is 1. The fraction of sp³-hybridized carbons (Fsp3) is 0.450. The normalized spacial score (nSPS) is 23.5. The monoisotopic (exact) mass is 368 g/mol. The number of rotatable bonds is 2. The third-order valence-electron chi connectivity index (χ3n) is 5.34. The first-order chi connectivity index (χ1) is 13.1. The van der Waals surface area contributed by atoms with Crippen LogP contribution in [-0.2, 0) is 16.6 Å². The predicted molar refractivity (Wildman–Crippen MR) is 100 cm³/mol. The molecule has 0 saturated carbocycles. The van der Waals surface area contributed by atoms with Gasteiger partial charge in [-0.25, -0.2) is 0 Å². The number of ether oxygens (including phenoxy) is 1. The molecule has 1 unspecified atom stereocenters. The third kappa shape index (κ3) is 3.35. The van der Waals surface area contributed by atoms with Crippen molar-refractivity contribution in [3.05, 3.63) is 48.3 Å². The van der Waals surface area contributed by atoms with E-state index < -0.39 is 5.60 Å². The number of amides is 2. The number of hydrogen-bond donors (Lipinski definition) is 0. The zero-order chi connectivity index (χ0) is 18.9. The van der Waals surface area contributed by atoms with Crippen molar-refractivity contribution >= 4 is 17.5 Å². The fourth-order valence-corrected chi connectivity index (χ4v) is 3.94. The summed E-state index contributed by atoms with van der Waals surface area (Å²) in [4.78, 5) is 29.9. The van der Waals surface area contributed by atoms with E-state index in [-0.39, 0.29) is 18.4 Å². The second-order valence-electron chi connectivity index (χ2n) is 7.22. The molecule has 1 atom stereocenters. The molecule has 2 amide bonds. The summed E-state index contributed by atoms with van der Waals surface area (Å²) < 4.78 is 7.67. The number of nitrogens with zero attached hydrogens (tertiary/aromatic N) is 4. The minimum atomic E-state index is -0.970. The van der Waals surface area contributed by atoms with E-state index in [1.54, 1.807) is 29.0 Å². The highest BCUT2D eigenvalue weighted by Crippen LogP contribution is 2.32. The van der Waals surface area contributed by atoms with Gasteiger partial charge < -0.3 is 14.5 Å². The molecule has 0 radical (unpaired) electrons. The van der Waals surface area contributed by atoms with Crippen LogP contribution in [0.15, 0.2) is 42.7 Å². The van der Waals surface area contributed by atoms with Crippen LogP contribution in [0.1, 0.15) is 29.6 Å². The number of benzene rings is 1. The van der Waals surface area contributed by atoms with E-state index in [9.17, 15) is 9.59 Å². The first-order valence-electron chi connectivity index (χ1n) is 9.38. The van der Waals surface area contributed by atoms with Gasteiger partial charge in [0.15, 0.2) is 5.60 Å². The average molecular weight is 368 g/mol. The molecule has 27 heavy (non-hydrogen) atoms. The molecule has 0 bridgehead atoms. The zero-order valence-electron chi connectivity index (χ0n) is 15.5. The smallest absolute Gasteiger partial charge is 0.261 e. The lowest BCUT2D eigenvalue weighted by Gasteiger charge is -2.42. The summed E-state index contributed by atoms with van der Waals surface area (Å²) in [5.41, 5.74) is 0.446. The lowest BCUT2D eigenvalue weighted by molar-refractivity contribution is -0.155. The molecule has 7 nitrogen and oxygen atoms in total. The van der Waals surface area contributed by atoms with Crippen LogP contribution in [0.5, 0.6) is 0 Å². The number of hydrogen-bond acceptors (Lipinski definition) is 4. The van der Waals surface area contributed by atoms with Crippen LogP contribution in [-0.4, -0.2) is 58.3 Å². The van der Waals surface area contributed by atoms with Gasteiger partial charge in [-0.15, -0.1) is 0 Å². The van der Waals surface area contributed by atoms with Crippen molar-refractivity contribution in [3.63, 3.8) is 0 Å². The first kappa shape index (κ1) is 17.7. The van der Waals surface area contributed by atoms with Gasteiger partial charge in [0.25, 0.3) is 11.8 Å². The van der Waals surface area contributed by atoms with E-state index in [1.807, 2.05) is 35.2 Å². The van der Waals surface area contributed by atoms with Crippen LogP contribution in [0.25, 0.3) is 0 Å². The Morgan fingerprint density at radius 1 is 1.19 bits per heavy atom. The van der Waals surface area contributed by atoms with Crippen molar-refractivity contribution in [1.82, 2.24) is 14.7 Å². The Morgan fingerprint density at radius 3 is 2.74 bits per heavy atom. The van der Waals surface area contributed by atoms with Crippen molar-refractivity contribution < 1.29 is 14.3 Å². The van der Waals surface area contributed by atoms with Crippen LogP contribution in [0, 0.1) is 0 Å². The molecule has 2 aliphatic rings. The second-order valence-corrected chi connectivity index (χ2v) is 7.22. The molecular weight excluding hydrogens is 344 g/mol. The van der Waals surface area contributed by atoms with E-state index >= 15 is 0 Å². The minimum Gasteiger partial charge on any atom is -0.361 e. The van der Waals surface area contributed by atoms with Crippen LogP contribution >= 0.6 is 0 Å². The summed E-state index contributed by atoms with van der Waals surface area (Å²) in [6.07, 6.45) is 5.71. The fourth-order valence-electron chi connectivity index (χ4n) is 3.94. The largest absolute Gasteiger partial charge is 0.361 e. The second kappa shape index (κ2) is 7.15. The molecule has 2 aliphatic heterocycles. The number of carbonyl (C=O) groups excluding carboxylic acids is 2. The topological polar surface area (TPSA) is 67.7 Å². The highest BCUT2D eigenvalue weighted by molar-refractivity contribution is 6.01. The van der Waals surface area contributed by atoms with Crippen molar-refractivity contribution in [2.24, 2.45) is 7.05 Å². The summed E-state index contributed by atoms with van der Waals surface area (Å²) in [5, 5.41) is 4.08. The maximum atomic E-state index is 13.5. The van der Waals surface area contributed by atoms with Gasteiger partial charge in [0.2, 0.25) is 0 Å². The summed E-state index contributed by atoms with van der Waals surface area (Å²) in [7, 11) is 1.78. The van der Waals surface area contributed by atoms with Gasteiger partial charge in [-0.3, -0.25) is 14.3 Å². The van der Waals surface area contributed by atoms with E-state index in [0.717, 1.165) is 18.5 Å². The van der Waals surface area contributed by atoms with Gasteiger partial charge in [-0.1, -0.05) is 18.2 Å². The Hall–Kier alpha value is -2.67. The molecule has 2 aromatic rings. The zero-order valence-corrected chi connectivity index (χ0v) is 15.5. The molecule has 4 rings (SSSR count). The van der Waals surface area contributed by atoms with Crippen molar-refractivity contribution in [3.8, 4) is 0 Å². The maximum Gasteiger partial charge on any atom is 0.261 e. The standard InChI is InChI=1S/C20H24N4O3/c1-22-14-16(13-21-22)18(25)23-11-12-27-20(15-23)9-5-6-10-24(19(20)26)17-7-3-2-4-8-17/h2-4,7-8,13-14H,5-6,9-12,15H2,1H3. The van der Waals surface area contributed by atoms with E-state index in [2.05, 4.69) is 5.10 Å². The first-order valence-corrected chi connectivity index (χ1v) is 9.38. The average Bonchev–Trinajstić information content (AvgIpc) is 3.07. The van der Waals surface area contributed by atoms with E-state index in [4.69, 9.17) is 4.74 Å². The molecule has 1 aromatic carbocycles. The van der Waals surface area contributed by atoms with Gasteiger partial charge in [-0.05, 0) is 31.4 Å². The molecule has 0 aliphatic carbocycles. The van der Waals surface area contributed by atoms with Gasteiger partial charge in [-0.2, -0.15) is 5.10 Å². The molecule has 142 valence electrons. The number of carbonyl (C=O) groups is 2. The Kier molecular flexibility index (Phi) is 4.70. The minimum absolute atomic E-state index is 0.0464. The molecule has 7 heteroatoms. The number of anilines is 1. The summed E-state index contributed by atoms with van der Waals surface area (Å²) in [6.45, 7) is 1.79. The van der Waals surface area contributed by atoms with Gasteiger partial charge in [0, 0.05) is 32.0 Å². The van der Waals surface area contributed by atoms with Crippen molar-refractivity contribution in [2.45, 2.75) is 24.9 Å². The number of morpholine rings is 1. The highest BCUT2D eigenvalue weighted by atomic mass is 16.5. The molecule has 0 N–H and O–H groups in total. The SMILES string of the molecule is Cn1cc(C(=O)N2CCOC3(CCCCN(c4ccccc4)C3=O)C2)cn1. The third-order valence-corrected chi connectivity index (χ3v) is 5.34. The van der Waals surface area contributed by atoms with Gasteiger partial charge >= 0.3 is 0 Å². The molecular formula is C20H24N4O3. The van der Waals surface area contributed by atoms with Crippen LogP contribution in [0.2, 0.25) is 0 Å². The van der Waals surface area contributed by atoms with E-state index in [1.165, 1.54) is 0 Å². The molecule has 2 saturated heterocycles. The molecule has 1 spiro atoms. The Bertz CT molecular complexity index is 835. The van der Waals surface area contributed by atoms with Gasteiger partial charge in [0.05, 0.1) is 24.9 Å². The van der Waals surface area contributed by atoms with E-state index in [0.29, 0.717) is 31.7 Å². The molecule has 1 aromatic heterocycles. The van der Waals surface area contributed by atoms with Crippen molar-refractivity contribution in [1.29, 1.82) is 0 Å². The lowest BCUT2D eigenvalue weighted by atomic mass is 9.93. The summed E-state index contributed by atoms with van der Waals surface area (Å²) in [5.74, 6) is -0.149. The van der Waals surface area contributed by atoms with Gasteiger partial charge in [0.1, 0.15) is 0 Å². The van der Waals surface area contributed by atoms with Crippen LogP contribution < -0.4 is 4.90 Å². The number of aromatic nitrogens is 2. The summed E-state index contributed by atoms with van der Waals surface area (Å²) >= 11 is 0. The highest BCUT2D eigenvalue weighted by Gasteiger charge is 2.48. The summed E-state index contributed by atoms with van der Waals surface area (Å²) in [6, 6.07) is 9.68. The lowest BCUT2D eigenvalue weighted by Crippen LogP contribution is -2.61. The van der Waals surface area contributed by atoms with Crippen molar-refractivity contribution in [2.75, 3.05) is 31.1 Å².